The number of hydrogen-bond donors (Lipinski definition) is 1. The highest BCUT2D eigenvalue weighted by molar-refractivity contribution is 5.98. The van der Waals surface area contributed by atoms with Crippen molar-refractivity contribution in [2.45, 2.75) is 31.7 Å². The van der Waals surface area contributed by atoms with E-state index < -0.39 is 0 Å². The summed E-state index contributed by atoms with van der Waals surface area (Å²) in [5.41, 5.74) is 2.67. The Morgan fingerprint density at radius 1 is 1.19 bits per heavy atom. The number of rotatable bonds is 5. The van der Waals surface area contributed by atoms with Crippen molar-refractivity contribution in [2.75, 3.05) is 13.7 Å². The summed E-state index contributed by atoms with van der Waals surface area (Å²) >= 11 is 0. The number of piperidine rings is 1. The topological polar surface area (TPSA) is 71.4 Å². The standard InChI is InChI=1S/C25H25N3O3/c1-30-19-10-11-21-18(14-19)15-22(27-21)25(29)28-12-6-5-9-23(28)24-26-16-20(31-24)13-17-7-3-2-4-8-17/h2-4,7-8,10-11,14-16,23,27H,5-6,9,12-13H2,1H3. The molecule has 0 radical (unpaired) electrons. The van der Waals surface area contributed by atoms with Gasteiger partial charge in [-0.3, -0.25) is 4.79 Å². The normalized spacial score (nSPS) is 16.5. The fraction of sp³-hybridized carbons (Fsp3) is 0.280. The number of aromatic nitrogens is 2. The summed E-state index contributed by atoms with van der Waals surface area (Å²) in [6, 6.07) is 17.7. The molecule has 6 heteroatoms. The number of benzene rings is 2. The number of carbonyl (C=O) groups is 1. The Labute approximate surface area is 180 Å². The number of H-pyrrole nitrogens is 1. The van der Waals surface area contributed by atoms with E-state index in [0.29, 0.717) is 24.6 Å². The lowest BCUT2D eigenvalue weighted by atomic mass is 10.0. The average molecular weight is 415 g/mol. The predicted octanol–water partition coefficient (Wildman–Crippen LogP) is 5.12. The van der Waals surface area contributed by atoms with E-state index in [0.717, 1.165) is 41.7 Å². The van der Waals surface area contributed by atoms with Crippen LogP contribution in [0.4, 0.5) is 0 Å². The van der Waals surface area contributed by atoms with Gasteiger partial charge in [0.25, 0.3) is 5.91 Å². The van der Waals surface area contributed by atoms with E-state index in [2.05, 4.69) is 22.1 Å². The van der Waals surface area contributed by atoms with Gasteiger partial charge in [-0.2, -0.15) is 0 Å². The summed E-state index contributed by atoms with van der Waals surface area (Å²) in [6.45, 7) is 0.693. The minimum Gasteiger partial charge on any atom is -0.497 e. The Balaban J connectivity index is 1.39. The Morgan fingerprint density at radius 2 is 2.06 bits per heavy atom. The monoisotopic (exact) mass is 415 g/mol. The lowest BCUT2D eigenvalue weighted by molar-refractivity contribution is 0.0565. The number of nitrogens with one attached hydrogen (secondary N) is 1. The fourth-order valence-corrected chi connectivity index (χ4v) is 4.29. The van der Waals surface area contributed by atoms with Gasteiger partial charge in [0.2, 0.25) is 5.89 Å². The molecule has 0 spiro atoms. The molecule has 0 bridgehead atoms. The van der Waals surface area contributed by atoms with Gasteiger partial charge in [0.1, 0.15) is 23.2 Å². The summed E-state index contributed by atoms with van der Waals surface area (Å²) in [5.74, 6) is 2.18. The Morgan fingerprint density at radius 3 is 2.90 bits per heavy atom. The maximum Gasteiger partial charge on any atom is 0.270 e. The number of ether oxygens (including phenoxy) is 1. The zero-order valence-corrected chi connectivity index (χ0v) is 17.5. The third kappa shape index (κ3) is 3.93. The van der Waals surface area contributed by atoms with Gasteiger partial charge in [0.15, 0.2) is 0 Å². The van der Waals surface area contributed by atoms with Crippen LogP contribution in [0.1, 0.15) is 53.0 Å². The van der Waals surface area contributed by atoms with Gasteiger partial charge >= 0.3 is 0 Å². The Bertz CT molecular complexity index is 1200. The van der Waals surface area contributed by atoms with Crippen molar-refractivity contribution in [3.63, 3.8) is 0 Å². The van der Waals surface area contributed by atoms with Crippen LogP contribution in [0, 0.1) is 0 Å². The number of oxazole rings is 1. The van der Waals surface area contributed by atoms with Crippen LogP contribution in [-0.2, 0) is 6.42 Å². The van der Waals surface area contributed by atoms with Crippen molar-refractivity contribution in [3.05, 3.63) is 83.7 Å². The molecule has 2 aromatic carbocycles. The van der Waals surface area contributed by atoms with E-state index in [9.17, 15) is 4.79 Å². The SMILES string of the molecule is COc1ccc2[nH]c(C(=O)N3CCCCC3c3ncc(Cc4ccccc4)o3)cc2c1. The molecule has 158 valence electrons. The quantitative estimate of drug-likeness (QED) is 0.491. The number of likely N-dealkylation sites (tertiary alicyclic amines) is 1. The van der Waals surface area contributed by atoms with E-state index >= 15 is 0 Å². The first-order valence-electron chi connectivity index (χ1n) is 10.7. The van der Waals surface area contributed by atoms with Gasteiger partial charge < -0.3 is 19.0 Å². The molecule has 1 saturated heterocycles. The van der Waals surface area contributed by atoms with Gasteiger partial charge in [-0.25, -0.2) is 4.98 Å². The van der Waals surface area contributed by atoms with Gasteiger partial charge in [-0.1, -0.05) is 30.3 Å². The molecule has 1 unspecified atom stereocenters. The molecular weight excluding hydrogens is 390 g/mol. The summed E-state index contributed by atoms with van der Waals surface area (Å²) < 4.78 is 11.4. The van der Waals surface area contributed by atoms with Gasteiger partial charge in [0.05, 0.1) is 13.3 Å². The molecule has 3 heterocycles. The number of carbonyl (C=O) groups excluding carboxylic acids is 1. The van der Waals surface area contributed by atoms with Crippen molar-refractivity contribution in [3.8, 4) is 5.75 Å². The molecule has 31 heavy (non-hydrogen) atoms. The number of nitrogens with zero attached hydrogens (tertiary/aromatic N) is 2. The highest BCUT2D eigenvalue weighted by Crippen LogP contribution is 2.33. The van der Waals surface area contributed by atoms with E-state index in [1.54, 1.807) is 13.3 Å². The summed E-state index contributed by atoms with van der Waals surface area (Å²) in [7, 11) is 1.64. The molecule has 2 aromatic heterocycles. The molecule has 0 aliphatic carbocycles. The van der Waals surface area contributed by atoms with E-state index in [1.165, 1.54) is 5.56 Å². The van der Waals surface area contributed by atoms with Crippen molar-refractivity contribution < 1.29 is 13.9 Å². The summed E-state index contributed by atoms with van der Waals surface area (Å²) in [6.07, 6.45) is 5.36. The molecule has 0 saturated carbocycles. The predicted molar refractivity (Wildman–Crippen MR) is 118 cm³/mol. The van der Waals surface area contributed by atoms with Crippen LogP contribution in [0.25, 0.3) is 10.9 Å². The van der Waals surface area contributed by atoms with E-state index in [4.69, 9.17) is 9.15 Å². The third-order valence-electron chi connectivity index (χ3n) is 5.90. The van der Waals surface area contributed by atoms with Crippen LogP contribution >= 0.6 is 0 Å². The molecule has 1 fully saturated rings. The first kappa shape index (κ1) is 19.4. The van der Waals surface area contributed by atoms with Gasteiger partial charge in [0, 0.05) is 23.9 Å². The lowest BCUT2D eigenvalue weighted by Gasteiger charge is -2.33. The second kappa shape index (κ2) is 8.30. The highest BCUT2D eigenvalue weighted by atomic mass is 16.5. The van der Waals surface area contributed by atoms with Crippen LogP contribution in [0.5, 0.6) is 5.75 Å². The largest absolute Gasteiger partial charge is 0.497 e. The molecule has 4 aromatic rings. The first-order valence-corrected chi connectivity index (χ1v) is 10.7. The zero-order chi connectivity index (χ0) is 21.2. The second-order valence-electron chi connectivity index (χ2n) is 7.97. The molecular formula is C25H25N3O3. The molecule has 1 atom stereocenters. The van der Waals surface area contributed by atoms with Crippen molar-refractivity contribution in [1.29, 1.82) is 0 Å². The minimum atomic E-state index is -0.147. The Hall–Kier alpha value is -3.54. The van der Waals surface area contributed by atoms with Crippen LogP contribution < -0.4 is 4.74 Å². The minimum absolute atomic E-state index is 0.0253. The van der Waals surface area contributed by atoms with Crippen molar-refractivity contribution >= 4 is 16.8 Å². The number of methoxy groups -OCH3 is 1. The summed E-state index contributed by atoms with van der Waals surface area (Å²) in [5, 5.41) is 0.956. The van der Waals surface area contributed by atoms with Crippen LogP contribution in [0.2, 0.25) is 0 Å². The highest BCUT2D eigenvalue weighted by Gasteiger charge is 2.32. The van der Waals surface area contributed by atoms with E-state index in [-0.39, 0.29) is 11.9 Å². The molecule has 5 rings (SSSR count). The van der Waals surface area contributed by atoms with Crippen molar-refractivity contribution in [1.82, 2.24) is 14.9 Å². The van der Waals surface area contributed by atoms with Crippen LogP contribution in [-0.4, -0.2) is 34.4 Å². The molecule has 6 nitrogen and oxygen atoms in total. The molecule has 1 N–H and O–H groups in total. The number of hydrogen-bond acceptors (Lipinski definition) is 4. The Kier molecular flexibility index (Phi) is 5.20. The third-order valence-corrected chi connectivity index (χ3v) is 5.90. The van der Waals surface area contributed by atoms with Crippen LogP contribution in [0.15, 0.2) is 65.2 Å². The molecule has 1 aliphatic rings. The number of aromatic amines is 1. The summed E-state index contributed by atoms with van der Waals surface area (Å²) in [4.78, 5) is 23.1. The van der Waals surface area contributed by atoms with Gasteiger partial charge in [-0.15, -0.1) is 0 Å². The second-order valence-corrected chi connectivity index (χ2v) is 7.97. The lowest BCUT2D eigenvalue weighted by Crippen LogP contribution is -2.38. The number of fused-ring (bicyclic) bond motifs is 1. The van der Waals surface area contributed by atoms with Gasteiger partial charge in [-0.05, 0) is 49.1 Å². The molecule has 1 aliphatic heterocycles. The fourth-order valence-electron chi connectivity index (χ4n) is 4.29. The maximum atomic E-state index is 13.4. The number of amides is 1. The smallest absolute Gasteiger partial charge is 0.270 e. The maximum absolute atomic E-state index is 13.4. The van der Waals surface area contributed by atoms with Crippen molar-refractivity contribution in [2.24, 2.45) is 0 Å². The van der Waals surface area contributed by atoms with Crippen LogP contribution in [0.3, 0.4) is 0 Å². The molecule has 1 amide bonds. The zero-order valence-electron chi connectivity index (χ0n) is 17.5. The first-order chi connectivity index (χ1) is 15.2. The average Bonchev–Trinajstić information content (AvgIpc) is 3.45. The van der Waals surface area contributed by atoms with E-state index in [1.807, 2.05) is 47.4 Å².